The third-order valence-corrected chi connectivity index (χ3v) is 7.87. The van der Waals surface area contributed by atoms with Crippen molar-refractivity contribution in [1.82, 2.24) is 14.9 Å². The van der Waals surface area contributed by atoms with Crippen molar-refractivity contribution in [3.8, 4) is 10.6 Å². The third-order valence-electron chi connectivity index (χ3n) is 4.42. The van der Waals surface area contributed by atoms with E-state index in [4.69, 9.17) is 0 Å². The van der Waals surface area contributed by atoms with Crippen LogP contribution in [0.4, 0.5) is 13.2 Å². The standard InChI is InChI=1S/C20H20F3N3O4S3/c1-26(2)9-15-19(32-18(10-27)24-15)16-11-31-17(25-16)8-13(28)7-12-3-5-14(6-4-12)33(29,30)20(21,22)23/h3-6,11,27H,7-10H2,1-2H3. The Morgan fingerprint density at radius 3 is 2.33 bits per heavy atom. The Kier molecular flexibility index (Phi) is 7.69. The molecule has 0 radical (unpaired) electrons. The summed E-state index contributed by atoms with van der Waals surface area (Å²) < 4.78 is 60.8. The molecular weight excluding hydrogens is 499 g/mol. The average molecular weight is 520 g/mol. The summed E-state index contributed by atoms with van der Waals surface area (Å²) in [6.45, 7) is 0.390. The summed E-state index contributed by atoms with van der Waals surface area (Å²) in [4.78, 5) is 23.3. The van der Waals surface area contributed by atoms with Crippen molar-refractivity contribution in [2.24, 2.45) is 0 Å². The molecule has 3 rings (SSSR count). The summed E-state index contributed by atoms with van der Waals surface area (Å²) >= 11 is 2.64. The lowest BCUT2D eigenvalue weighted by molar-refractivity contribution is -0.117. The maximum atomic E-state index is 12.6. The first kappa shape index (κ1) is 25.4. The van der Waals surface area contributed by atoms with E-state index in [1.807, 2.05) is 24.4 Å². The van der Waals surface area contributed by atoms with Gasteiger partial charge in [-0.2, -0.15) is 13.2 Å². The van der Waals surface area contributed by atoms with E-state index in [9.17, 15) is 31.5 Å². The minimum absolute atomic E-state index is 0.0297. The van der Waals surface area contributed by atoms with Gasteiger partial charge in [0.2, 0.25) is 0 Å². The number of carbonyl (C=O) groups is 1. The third kappa shape index (κ3) is 6.03. The number of aliphatic hydroxyl groups excluding tert-OH is 1. The van der Waals surface area contributed by atoms with Gasteiger partial charge < -0.3 is 10.0 Å². The largest absolute Gasteiger partial charge is 0.501 e. The van der Waals surface area contributed by atoms with Crippen molar-refractivity contribution in [3.05, 3.63) is 50.9 Å². The van der Waals surface area contributed by atoms with Crippen molar-refractivity contribution in [2.45, 2.75) is 36.4 Å². The molecule has 178 valence electrons. The van der Waals surface area contributed by atoms with E-state index >= 15 is 0 Å². The van der Waals surface area contributed by atoms with Gasteiger partial charge in [0.1, 0.15) is 15.8 Å². The summed E-state index contributed by atoms with van der Waals surface area (Å²) in [5, 5.41) is 12.4. The van der Waals surface area contributed by atoms with Crippen LogP contribution < -0.4 is 0 Å². The number of ketones is 1. The van der Waals surface area contributed by atoms with Gasteiger partial charge in [0, 0.05) is 18.3 Å². The highest BCUT2D eigenvalue weighted by Gasteiger charge is 2.46. The van der Waals surface area contributed by atoms with Gasteiger partial charge in [-0.25, -0.2) is 18.4 Å². The van der Waals surface area contributed by atoms with Gasteiger partial charge in [-0.3, -0.25) is 4.79 Å². The van der Waals surface area contributed by atoms with E-state index in [-0.39, 0.29) is 25.2 Å². The van der Waals surface area contributed by atoms with E-state index in [1.165, 1.54) is 34.8 Å². The van der Waals surface area contributed by atoms with Crippen LogP contribution in [-0.4, -0.2) is 53.8 Å². The topological polar surface area (TPSA) is 100 Å². The average Bonchev–Trinajstić information content (AvgIpc) is 3.33. The highest BCUT2D eigenvalue weighted by atomic mass is 32.2. The Bertz CT molecular complexity index is 1230. The number of hydrogen-bond acceptors (Lipinski definition) is 9. The zero-order valence-electron chi connectivity index (χ0n) is 17.6. The van der Waals surface area contributed by atoms with E-state index in [0.717, 1.165) is 22.7 Å². The smallest absolute Gasteiger partial charge is 0.389 e. The van der Waals surface area contributed by atoms with E-state index in [0.29, 0.717) is 27.8 Å². The number of Topliss-reactive ketones (excluding diaryl/α,β-unsaturated/α-hetero) is 1. The van der Waals surface area contributed by atoms with Crippen LogP contribution in [0.5, 0.6) is 0 Å². The summed E-state index contributed by atoms with van der Waals surface area (Å²) in [5.41, 5.74) is -3.53. The second-order valence-corrected chi connectivity index (χ2v) is 11.4. The van der Waals surface area contributed by atoms with Gasteiger partial charge in [0.15, 0.2) is 0 Å². The Hall–Kier alpha value is -2.19. The molecule has 0 atom stereocenters. The fourth-order valence-corrected chi connectivity index (χ4v) is 5.49. The van der Waals surface area contributed by atoms with Crippen LogP contribution in [0, 0.1) is 0 Å². The first-order valence-corrected chi connectivity index (χ1v) is 12.7. The second-order valence-electron chi connectivity index (χ2n) is 7.39. The normalized spacial score (nSPS) is 12.5. The summed E-state index contributed by atoms with van der Waals surface area (Å²) in [5.74, 6) is -0.212. The Balaban J connectivity index is 1.69. The number of sulfone groups is 1. The van der Waals surface area contributed by atoms with Crippen LogP contribution in [-0.2, 0) is 40.6 Å². The van der Waals surface area contributed by atoms with Gasteiger partial charge in [-0.05, 0) is 31.8 Å². The predicted molar refractivity (Wildman–Crippen MR) is 119 cm³/mol. The fraction of sp³-hybridized carbons (Fsp3) is 0.350. The molecule has 0 aliphatic heterocycles. The first-order valence-electron chi connectivity index (χ1n) is 9.51. The van der Waals surface area contributed by atoms with Gasteiger partial charge in [-0.15, -0.1) is 22.7 Å². The number of alkyl halides is 3. The van der Waals surface area contributed by atoms with Crippen LogP contribution in [0.2, 0.25) is 0 Å². The number of nitrogens with zero attached hydrogens (tertiary/aromatic N) is 3. The monoisotopic (exact) mass is 519 g/mol. The zero-order chi connectivity index (χ0) is 24.4. The lowest BCUT2D eigenvalue weighted by Gasteiger charge is -2.08. The molecule has 7 nitrogen and oxygen atoms in total. The van der Waals surface area contributed by atoms with Gasteiger partial charge in [0.05, 0.1) is 34.2 Å². The fourth-order valence-electron chi connectivity index (χ4n) is 2.95. The highest BCUT2D eigenvalue weighted by Crippen LogP contribution is 2.33. The number of halogens is 3. The molecule has 1 aromatic carbocycles. The Morgan fingerprint density at radius 2 is 1.76 bits per heavy atom. The SMILES string of the molecule is CN(C)Cc1nc(CO)sc1-c1csc(CC(=O)Cc2ccc(S(=O)(=O)C(F)(F)F)cc2)n1. The maximum Gasteiger partial charge on any atom is 0.501 e. The molecule has 2 heterocycles. The molecule has 13 heteroatoms. The van der Waals surface area contributed by atoms with Crippen LogP contribution in [0.25, 0.3) is 10.6 Å². The van der Waals surface area contributed by atoms with Crippen molar-refractivity contribution in [1.29, 1.82) is 0 Å². The minimum atomic E-state index is -5.42. The van der Waals surface area contributed by atoms with E-state index in [1.54, 1.807) is 0 Å². The zero-order valence-corrected chi connectivity index (χ0v) is 20.0. The molecule has 0 amide bonds. The van der Waals surface area contributed by atoms with Gasteiger partial charge in [-0.1, -0.05) is 12.1 Å². The second kappa shape index (κ2) is 9.97. The minimum Gasteiger partial charge on any atom is -0.389 e. The Morgan fingerprint density at radius 1 is 1.09 bits per heavy atom. The number of aromatic nitrogens is 2. The Labute approximate surface area is 196 Å². The lowest BCUT2D eigenvalue weighted by Crippen LogP contribution is -2.23. The molecule has 0 aliphatic rings. The van der Waals surface area contributed by atoms with Crippen molar-refractivity contribution >= 4 is 38.3 Å². The van der Waals surface area contributed by atoms with Crippen molar-refractivity contribution in [2.75, 3.05) is 14.1 Å². The van der Waals surface area contributed by atoms with E-state index in [2.05, 4.69) is 9.97 Å². The number of hydrogen-bond donors (Lipinski definition) is 1. The quantitative estimate of drug-likeness (QED) is 0.462. The summed E-state index contributed by atoms with van der Waals surface area (Å²) in [7, 11) is -1.62. The molecule has 0 fully saturated rings. The molecule has 1 N–H and O–H groups in total. The number of carbonyl (C=O) groups excluding carboxylic acids is 1. The molecular formula is C20H20F3N3O4S3. The molecule has 0 unspecified atom stereocenters. The number of benzene rings is 1. The molecule has 0 aliphatic carbocycles. The summed E-state index contributed by atoms with van der Waals surface area (Å²) in [6, 6.07) is 4.10. The first-order chi connectivity index (χ1) is 15.4. The molecule has 33 heavy (non-hydrogen) atoms. The molecule has 0 bridgehead atoms. The van der Waals surface area contributed by atoms with Gasteiger partial charge >= 0.3 is 5.51 Å². The molecule has 0 saturated carbocycles. The predicted octanol–water partition coefficient (Wildman–Crippen LogP) is 3.47. The van der Waals surface area contributed by atoms with Crippen LogP contribution in [0.15, 0.2) is 34.5 Å². The van der Waals surface area contributed by atoms with E-state index < -0.39 is 20.2 Å². The molecule has 0 saturated heterocycles. The van der Waals surface area contributed by atoms with Crippen molar-refractivity contribution in [3.63, 3.8) is 0 Å². The number of rotatable bonds is 9. The highest BCUT2D eigenvalue weighted by molar-refractivity contribution is 7.92. The van der Waals surface area contributed by atoms with Crippen LogP contribution in [0.3, 0.4) is 0 Å². The van der Waals surface area contributed by atoms with Crippen LogP contribution >= 0.6 is 22.7 Å². The molecule has 2 aromatic heterocycles. The molecule has 0 spiro atoms. The van der Waals surface area contributed by atoms with Gasteiger partial charge in [0.25, 0.3) is 9.84 Å². The molecule has 3 aromatic rings. The lowest BCUT2D eigenvalue weighted by atomic mass is 10.1. The summed E-state index contributed by atoms with van der Waals surface area (Å²) in [6.07, 6.45) is -0.0374. The van der Waals surface area contributed by atoms with Crippen LogP contribution in [0.1, 0.15) is 21.3 Å². The number of aliphatic hydroxyl groups is 1. The number of thiazole rings is 2. The maximum absolute atomic E-state index is 12.6. The van der Waals surface area contributed by atoms with Crippen molar-refractivity contribution < 1.29 is 31.5 Å².